The minimum Gasteiger partial charge on any atom is -0.315 e. The lowest BCUT2D eigenvalue weighted by Crippen LogP contribution is -2.52. The van der Waals surface area contributed by atoms with Crippen LogP contribution in [0.2, 0.25) is 0 Å². The molecule has 0 spiro atoms. The van der Waals surface area contributed by atoms with Crippen LogP contribution in [-0.2, 0) is 6.42 Å². The molecule has 2 unspecified atom stereocenters. The third-order valence-electron chi connectivity index (χ3n) is 4.30. The Labute approximate surface area is 121 Å². The topological polar surface area (TPSA) is 18.5 Å². The maximum atomic E-state index is 13.3. The number of likely N-dealkylation sites (N-methyl/N-ethyl adjacent to an activating group) is 3. The van der Waals surface area contributed by atoms with Gasteiger partial charge >= 0.3 is 0 Å². The zero-order chi connectivity index (χ0) is 14.5. The smallest absolute Gasteiger partial charge is 0.123 e. The second-order valence-electron chi connectivity index (χ2n) is 5.89. The standard InChI is InChI=1S/C16H26FN3/c1-18-15(11-13-6-4-7-14(17)10-13)16-12-19(2)8-5-9-20(16)3/h4,6-7,10,15-16,18H,5,8-9,11-12H2,1-3H3. The summed E-state index contributed by atoms with van der Waals surface area (Å²) < 4.78 is 13.3. The Hall–Kier alpha value is -0.970. The quantitative estimate of drug-likeness (QED) is 0.903. The lowest BCUT2D eigenvalue weighted by molar-refractivity contribution is 0.181. The molecule has 1 aliphatic rings. The molecule has 0 saturated carbocycles. The van der Waals surface area contributed by atoms with Gasteiger partial charge in [0, 0.05) is 18.6 Å². The lowest BCUT2D eigenvalue weighted by Gasteiger charge is -2.34. The van der Waals surface area contributed by atoms with Gasteiger partial charge in [0.25, 0.3) is 0 Å². The van der Waals surface area contributed by atoms with Crippen LogP contribution in [0, 0.1) is 5.82 Å². The molecule has 1 fully saturated rings. The summed E-state index contributed by atoms with van der Waals surface area (Å²) in [6.07, 6.45) is 2.07. The van der Waals surface area contributed by atoms with Crippen LogP contribution in [0.5, 0.6) is 0 Å². The van der Waals surface area contributed by atoms with Crippen molar-refractivity contribution in [2.24, 2.45) is 0 Å². The Bertz CT molecular complexity index is 424. The average Bonchev–Trinajstić information content (AvgIpc) is 2.58. The van der Waals surface area contributed by atoms with Crippen molar-refractivity contribution in [3.05, 3.63) is 35.6 Å². The van der Waals surface area contributed by atoms with Crippen molar-refractivity contribution in [2.75, 3.05) is 40.8 Å². The van der Waals surface area contributed by atoms with Gasteiger partial charge in [0.15, 0.2) is 0 Å². The Morgan fingerprint density at radius 3 is 2.85 bits per heavy atom. The molecule has 1 saturated heterocycles. The molecule has 2 atom stereocenters. The van der Waals surface area contributed by atoms with Gasteiger partial charge in [-0.1, -0.05) is 12.1 Å². The zero-order valence-electron chi connectivity index (χ0n) is 12.8. The predicted octanol–water partition coefficient (Wildman–Crippen LogP) is 1.59. The fraction of sp³-hybridized carbons (Fsp3) is 0.625. The first-order valence-corrected chi connectivity index (χ1v) is 7.40. The minimum absolute atomic E-state index is 0.149. The van der Waals surface area contributed by atoms with Crippen molar-refractivity contribution >= 4 is 0 Å². The van der Waals surface area contributed by atoms with Crippen molar-refractivity contribution in [2.45, 2.75) is 24.9 Å². The van der Waals surface area contributed by atoms with Gasteiger partial charge in [-0.3, -0.25) is 0 Å². The third-order valence-corrected chi connectivity index (χ3v) is 4.30. The molecular weight excluding hydrogens is 253 g/mol. The molecule has 0 amide bonds. The van der Waals surface area contributed by atoms with Crippen LogP contribution in [0.25, 0.3) is 0 Å². The SMILES string of the molecule is CNC(Cc1cccc(F)c1)C1CN(C)CCCN1C. The molecule has 1 aromatic rings. The molecule has 0 bridgehead atoms. The van der Waals surface area contributed by atoms with E-state index in [1.165, 1.54) is 12.5 Å². The predicted molar refractivity (Wildman–Crippen MR) is 81.5 cm³/mol. The highest BCUT2D eigenvalue weighted by Crippen LogP contribution is 2.15. The second-order valence-corrected chi connectivity index (χ2v) is 5.89. The first kappa shape index (κ1) is 15.4. The largest absolute Gasteiger partial charge is 0.315 e. The van der Waals surface area contributed by atoms with Gasteiger partial charge in [-0.2, -0.15) is 0 Å². The molecule has 2 rings (SSSR count). The van der Waals surface area contributed by atoms with Crippen LogP contribution in [-0.4, -0.2) is 62.7 Å². The van der Waals surface area contributed by atoms with E-state index in [2.05, 4.69) is 29.2 Å². The van der Waals surface area contributed by atoms with Crippen LogP contribution >= 0.6 is 0 Å². The monoisotopic (exact) mass is 279 g/mol. The van der Waals surface area contributed by atoms with Crippen molar-refractivity contribution < 1.29 is 4.39 Å². The molecule has 112 valence electrons. The fourth-order valence-electron chi connectivity index (χ4n) is 3.09. The van der Waals surface area contributed by atoms with E-state index in [1.807, 2.05) is 13.1 Å². The van der Waals surface area contributed by atoms with E-state index in [0.29, 0.717) is 12.1 Å². The Morgan fingerprint density at radius 1 is 1.35 bits per heavy atom. The maximum Gasteiger partial charge on any atom is 0.123 e. The third kappa shape index (κ3) is 4.01. The summed E-state index contributed by atoms with van der Waals surface area (Å²) in [5.74, 6) is -0.149. The average molecular weight is 279 g/mol. The molecular formula is C16H26FN3. The van der Waals surface area contributed by atoms with E-state index in [4.69, 9.17) is 0 Å². The summed E-state index contributed by atoms with van der Waals surface area (Å²) in [5.41, 5.74) is 1.06. The highest BCUT2D eigenvalue weighted by molar-refractivity contribution is 5.18. The molecule has 20 heavy (non-hydrogen) atoms. The summed E-state index contributed by atoms with van der Waals surface area (Å²) >= 11 is 0. The molecule has 4 heteroatoms. The molecule has 1 aliphatic heterocycles. The molecule has 0 radical (unpaired) electrons. The van der Waals surface area contributed by atoms with Gasteiger partial charge in [-0.25, -0.2) is 4.39 Å². The lowest BCUT2D eigenvalue weighted by atomic mass is 9.98. The van der Waals surface area contributed by atoms with E-state index < -0.39 is 0 Å². The van der Waals surface area contributed by atoms with Crippen molar-refractivity contribution in [3.8, 4) is 0 Å². The Kier molecular flexibility index (Phi) is 5.52. The Balaban J connectivity index is 2.09. The highest BCUT2D eigenvalue weighted by Gasteiger charge is 2.27. The van der Waals surface area contributed by atoms with Crippen LogP contribution < -0.4 is 5.32 Å². The minimum atomic E-state index is -0.149. The Morgan fingerprint density at radius 2 is 2.15 bits per heavy atom. The maximum absolute atomic E-state index is 13.3. The normalized spacial score (nSPS) is 23.5. The molecule has 0 aliphatic carbocycles. The summed E-state index contributed by atoms with van der Waals surface area (Å²) in [4.78, 5) is 4.83. The van der Waals surface area contributed by atoms with Crippen molar-refractivity contribution in [1.82, 2.24) is 15.1 Å². The first-order chi connectivity index (χ1) is 9.60. The van der Waals surface area contributed by atoms with Crippen LogP contribution in [0.3, 0.4) is 0 Å². The molecule has 3 nitrogen and oxygen atoms in total. The van der Waals surface area contributed by atoms with E-state index in [1.54, 1.807) is 12.1 Å². The second kappa shape index (κ2) is 7.16. The van der Waals surface area contributed by atoms with Gasteiger partial charge in [0.05, 0.1) is 0 Å². The van der Waals surface area contributed by atoms with Gasteiger partial charge in [-0.05, 0) is 64.8 Å². The number of nitrogens with zero attached hydrogens (tertiary/aromatic N) is 2. The highest BCUT2D eigenvalue weighted by atomic mass is 19.1. The van der Waals surface area contributed by atoms with E-state index in [9.17, 15) is 4.39 Å². The number of halogens is 1. The van der Waals surface area contributed by atoms with E-state index >= 15 is 0 Å². The molecule has 0 aromatic heterocycles. The number of hydrogen-bond donors (Lipinski definition) is 1. The fourth-order valence-corrected chi connectivity index (χ4v) is 3.09. The van der Waals surface area contributed by atoms with Gasteiger partial charge in [0.1, 0.15) is 5.82 Å². The summed E-state index contributed by atoms with van der Waals surface area (Å²) in [7, 11) is 6.38. The zero-order valence-corrected chi connectivity index (χ0v) is 12.8. The molecule has 1 N–H and O–H groups in total. The van der Waals surface area contributed by atoms with Crippen molar-refractivity contribution in [1.29, 1.82) is 0 Å². The van der Waals surface area contributed by atoms with E-state index in [-0.39, 0.29) is 5.82 Å². The summed E-state index contributed by atoms with van der Waals surface area (Å²) in [6.45, 7) is 3.32. The van der Waals surface area contributed by atoms with Gasteiger partial charge in [-0.15, -0.1) is 0 Å². The summed E-state index contributed by atoms with van der Waals surface area (Å²) in [6, 6.07) is 7.74. The van der Waals surface area contributed by atoms with E-state index in [0.717, 1.165) is 31.6 Å². The van der Waals surface area contributed by atoms with Crippen molar-refractivity contribution in [3.63, 3.8) is 0 Å². The van der Waals surface area contributed by atoms with Crippen LogP contribution in [0.15, 0.2) is 24.3 Å². The first-order valence-electron chi connectivity index (χ1n) is 7.40. The number of nitrogens with one attached hydrogen (secondary N) is 1. The number of hydrogen-bond acceptors (Lipinski definition) is 3. The number of benzene rings is 1. The molecule has 1 aromatic carbocycles. The van der Waals surface area contributed by atoms with Gasteiger partial charge in [0.2, 0.25) is 0 Å². The number of rotatable bonds is 4. The van der Waals surface area contributed by atoms with Crippen LogP contribution in [0.1, 0.15) is 12.0 Å². The van der Waals surface area contributed by atoms with Crippen LogP contribution in [0.4, 0.5) is 4.39 Å². The molecule has 1 heterocycles. The van der Waals surface area contributed by atoms with Gasteiger partial charge < -0.3 is 15.1 Å². The summed E-state index contributed by atoms with van der Waals surface area (Å²) in [5, 5.41) is 3.43.